The highest BCUT2D eigenvalue weighted by Gasteiger charge is 2.28. The number of aliphatic imine (C=N–C) groups is 1. The standard InChI is InChI=1S/C49H41N3S/c1-4-34-22-14-23-41(38-30-28-36(29-31-38)35-16-8-5-9-17-35)45(34)44-32-40(27-26-33(44)2)48-50-47(39-20-12-7-13-21-39)51-49(52-48)43-25-15-24-42(46(43)53-3)37-18-10-6-11-19-37/h4-32,47-48,50H,1H2,2-3H3,(H,51,52). The summed E-state index contributed by atoms with van der Waals surface area (Å²) in [6.07, 6.45) is 3.68. The molecule has 7 aromatic rings. The van der Waals surface area contributed by atoms with Crippen molar-refractivity contribution in [1.82, 2.24) is 10.6 Å². The molecule has 1 heterocycles. The Morgan fingerprint density at radius 1 is 0.566 bits per heavy atom. The second-order valence-corrected chi connectivity index (χ2v) is 14.1. The van der Waals surface area contributed by atoms with Gasteiger partial charge in [-0.15, -0.1) is 11.8 Å². The van der Waals surface area contributed by atoms with Crippen molar-refractivity contribution in [2.45, 2.75) is 24.2 Å². The topological polar surface area (TPSA) is 36.4 Å². The Hall–Kier alpha value is -5.94. The fraction of sp³-hybridized carbons (Fsp3) is 0.0816. The van der Waals surface area contributed by atoms with Crippen molar-refractivity contribution in [1.29, 1.82) is 0 Å². The molecule has 2 unspecified atom stereocenters. The van der Waals surface area contributed by atoms with Crippen LogP contribution in [0.5, 0.6) is 0 Å². The van der Waals surface area contributed by atoms with Crippen molar-refractivity contribution < 1.29 is 0 Å². The van der Waals surface area contributed by atoms with Crippen LogP contribution in [0.3, 0.4) is 0 Å². The molecule has 7 aromatic carbocycles. The van der Waals surface area contributed by atoms with Gasteiger partial charge in [-0.3, -0.25) is 5.32 Å². The lowest BCUT2D eigenvalue weighted by Gasteiger charge is -2.33. The van der Waals surface area contributed by atoms with E-state index in [1.807, 2.05) is 6.08 Å². The molecule has 0 radical (unpaired) electrons. The third kappa shape index (κ3) is 7.00. The van der Waals surface area contributed by atoms with Gasteiger partial charge in [0, 0.05) is 10.5 Å². The van der Waals surface area contributed by atoms with E-state index in [1.165, 1.54) is 55.0 Å². The van der Waals surface area contributed by atoms with Gasteiger partial charge in [0.05, 0.1) is 0 Å². The van der Waals surface area contributed by atoms with Crippen LogP contribution >= 0.6 is 11.8 Å². The Kier molecular flexibility index (Phi) is 9.89. The zero-order valence-electron chi connectivity index (χ0n) is 30.0. The average Bonchev–Trinajstić information content (AvgIpc) is 3.24. The van der Waals surface area contributed by atoms with E-state index in [-0.39, 0.29) is 12.3 Å². The first-order chi connectivity index (χ1) is 26.1. The van der Waals surface area contributed by atoms with Gasteiger partial charge in [-0.25, -0.2) is 4.99 Å². The molecule has 1 aliphatic rings. The van der Waals surface area contributed by atoms with Gasteiger partial charge >= 0.3 is 0 Å². The van der Waals surface area contributed by atoms with E-state index in [2.05, 4.69) is 200 Å². The van der Waals surface area contributed by atoms with Crippen LogP contribution in [0.15, 0.2) is 186 Å². The smallest absolute Gasteiger partial charge is 0.133 e. The summed E-state index contributed by atoms with van der Waals surface area (Å²) in [7, 11) is 0. The summed E-state index contributed by atoms with van der Waals surface area (Å²) < 4.78 is 0. The average molecular weight is 704 g/mol. The van der Waals surface area contributed by atoms with Crippen LogP contribution in [0, 0.1) is 6.92 Å². The zero-order chi connectivity index (χ0) is 36.1. The van der Waals surface area contributed by atoms with Crippen molar-refractivity contribution in [2.24, 2.45) is 4.99 Å². The molecule has 0 aliphatic carbocycles. The Labute approximate surface area is 317 Å². The van der Waals surface area contributed by atoms with Crippen LogP contribution in [0.4, 0.5) is 0 Å². The Bertz CT molecular complexity index is 2400. The Morgan fingerprint density at radius 3 is 1.85 bits per heavy atom. The first-order valence-corrected chi connectivity index (χ1v) is 19.2. The maximum absolute atomic E-state index is 5.43. The van der Waals surface area contributed by atoms with Crippen LogP contribution in [0.2, 0.25) is 0 Å². The summed E-state index contributed by atoms with van der Waals surface area (Å²) >= 11 is 1.76. The lowest BCUT2D eigenvalue weighted by atomic mass is 9.87. The largest absolute Gasteiger partial charge is 0.350 e. The fourth-order valence-corrected chi connectivity index (χ4v) is 8.10. The monoisotopic (exact) mass is 703 g/mol. The maximum atomic E-state index is 5.43. The van der Waals surface area contributed by atoms with E-state index in [1.54, 1.807) is 11.8 Å². The SMILES string of the molecule is C=Cc1cccc(-c2ccc(-c3ccccc3)cc2)c1-c1cc(C2N=C(c3cccc(-c4ccccc4)c3SC)NC(c3ccccc3)N2)ccc1C. The Morgan fingerprint density at radius 2 is 1.15 bits per heavy atom. The molecule has 0 spiro atoms. The summed E-state index contributed by atoms with van der Waals surface area (Å²) in [4.78, 5) is 6.63. The van der Waals surface area contributed by atoms with Gasteiger partial charge in [-0.05, 0) is 86.0 Å². The van der Waals surface area contributed by atoms with E-state index >= 15 is 0 Å². The second-order valence-electron chi connectivity index (χ2n) is 13.3. The molecule has 258 valence electrons. The summed E-state index contributed by atoms with van der Waals surface area (Å²) in [6, 6.07) is 60.4. The van der Waals surface area contributed by atoms with Crippen LogP contribution in [0.25, 0.3) is 50.6 Å². The minimum absolute atomic E-state index is 0.146. The normalized spacial score (nSPS) is 15.3. The number of thioether (sulfide) groups is 1. The van der Waals surface area contributed by atoms with E-state index in [0.717, 1.165) is 28.1 Å². The molecular formula is C49H41N3S. The number of aryl methyl sites for hydroxylation is 1. The quantitative estimate of drug-likeness (QED) is 0.147. The predicted molar refractivity (Wildman–Crippen MR) is 226 cm³/mol. The zero-order valence-corrected chi connectivity index (χ0v) is 30.8. The van der Waals surface area contributed by atoms with E-state index in [0.29, 0.717) is 0 Å². The number of rotatable bonds is 9. The highest BCUT2D eigenvalue weighted by molar-refractivity contribution is 7.98. The summed E-state index contributed by atoms with van der Waals surface area (Å²) in [5.74, 6) is 0.873. The van der Waals surface area contributed by atoms with Crippen LogP contribution in [0.1, 0.15) is 40.1 Å². The molecule has 0 aromatic heterocycles. The summed E-state index contributed by atoms with van der Waals surface area (Å²) in [5.41, 5.74) is 15.1. The van der Waals surface area contributed by atoms with E-state index < -0.39 is 0 Å². The number of nitrogens with zero attached hydrogens (tertiary/aromatic N) is 1. The molecule has 2 atom stereocenters. The molecule has 53 heavy (non-hydrogen) atoms. The molecule has 1 aliphatic heterocycles. The number of hydrogen-bond donors (Lipinski definition) is 2. The lowest BCUT2D eigenvalue weighted by Crippen LogP contribution is -2.45. The number of benzene rings is 7. The number of amidine groups is 1. The minimum Gasteiger partial charge on any atom is -0.350 e. The lowest BCUT2D eigenvalue weighted by molar-refractivity contribution is 0.409. The highest BCUT2D eigenvalue weighted by Crippen LogP contribution is 2.40. The summed E-state index contributed by atoms with van der Waals surface area (Å²) in [5, 5.41) is 7.61. The Balaban J connectivity index is 1.24. The molecule has 0 amide bonds. The first kappa shape index (κ1) is 34.2. The van der Waals surface area contributed by atoms with E-state index in [9.17, 15) is 0 Å². The third-order valence-electron chi connectivity index (χ3n) is 10.0. The number of nitrogens with one attached hydrogen (secondary N) is 2. The van der Waals surface area contributed by atoms with Crippen molar-refractivity contribution >= 4 is 23.7 Å². The highest BCUT2D eigenvalue weighted by atomic mass is 32.2. The molecule has 3 nitrogen and oxygen atoms in total. The molecule has 2 N–H and O–H groups in total. The maximum Gasteiger partial charge on any atom is 0.133 e. The molecule has 0 bridgehead atoms. The minimum atomic E-state index is -0.296. The van der Waals surface area contributed by atoms with Crippen molar-refractivity contribution in [2.75, 3.05) is 6.26 Å². The van der Waals surface area contributed by atoms with Gasteiger partial charge in [0.25, 0.3) is 0 Å². The summed E-state index contributed by atoms with van der Waals surface area (Å²) in [6.45, 7) is 6.43. The first-order valence-electron chi connectivity index (χ1n) is 18.0. The van der Waals surface area contributed by atoms with E-state index in [4.69, 9.17) is 4.99 Å². The van der Waals surface area contributed by atoms with Crippen molar-refractivity contribution in [3.63, 3.8) is 0 Å². The van der Waals surface area contributed by atoms with Gasteiger partial charge in [-0.2, -0.15) is 0 Å². The van der Waals surface area contributed by atoms with Gasteiger partial charge in [0.15, 0.2) is 0 Å². The van der Waals surface area contributed by atoms with Crippen molar-refractivity contribution in [3.8, 4) is 44.5 Å². The van der Waals surface area contributed by atoms with Crippen molar-refractivity contribution in [3.05, 3.63) is 204 Å². The van der Waals surface area contributed by atoms with Gasteiger partial charge in [0.1, 0.15) is 18.2 Å². The fourth-order valence-electron chi connectivity index (χ4n) is 7.30. The van der Waals surface area contributed by atoms with Gasteiger partial charge < -0.3 is 5.32 Å². The third-order valence-corrected chi connectivity index (χ3v) is 10.9. The molecule has 4 heteroatoms. The molecule has 0 fully saturated rings. The second kappa shape index (κ2) is 15.3. The van der Waals surface area contributed by atoms with Crippen LogP contribution in [-0.4, -0.2) is 12.1 Å². The molecule has 8 rings (SSSR count). The van der Waals surface area contributed by atoms with Gasteiger partial charge in [0.2, 0.25) is 0 Å². The molecule has 0 saturated heterocycles. The molecular weight excluding hydrogens is 663 g/mol. The predicted octanol–water partition coefficient (Wildman–Crippen LogP) is 12.4. The number of hydrogen-bond acceptors (Lipinski definition) is 4. The van der Waals surface area contributed by atoms with Crippen LogP contribution < -0.4 is 10.6 Å². The van der Waals surface area contributed by atoms with Gasteiger partial charge in [-0.1, -0.05) is 176 Å². The molecule has 0 saturated carbocycles. The van der Waals surface area contributed by atoms with Crippen LogP contribution in [-0.2, 0) is 0 Å².